The molecule has 176 valence electrons. The molecule has 2 aromatic carbocycles. The maximum atomic E-state index is 6.03. The van der Waals surface area contributed by atoms with Crippen molar-refractivity contribution in [1.82, 2.24) is 29.7 Å². The third kappa shape index (κ3) is 4.47. The smallest absolute Gasteiger partial charge is 0.204 e. The van der Waals surface area contributed by atoms with Crippen LogP contribution < -0.4 is 4.74 Å². The predicted octanol–water partition coefficient (Wildman–Crippen LogP) is 5.26. The Morgan fingerprint density at radius 1 is 0.800 bits per heavy atom. The van der Waals surface area contributed by atoms with E-state index in [-0.39, 0.29) is 0 Å². The van der Waals surface area contributed by atoms with Gasteiger partial charge in [-0.1, -0.05) is 36.8 Å². The second-order valence-electron chi connectivity index (χ2n) is 9.00. The van der Waals surface area contributed by atoms with Crippen LogP contribution in [0.2, 0.25) is 0 Å². The van der Waals surface area contributed by atoms with Crippen LogP contribution in [0.5, 0.6) is 5.75 Å². The quantitative estimate of drug-likeness (QED) is 0.306. The van der Waals surface area contributed by atoms with Crippen molar-refractivity contribution >= 4 is 16.6 Å². The van der Waals surface area contributed by atoms with Crippen LogP contribution in [-0.2, 0) is 0 Å². The van der Waals surface area contributed by atoms with Crippen LogP contribution in [0, 0.1) is 0 Å². The van der Waals surface area contributed by atoms with Gasteiger partial charge >= 0.3 is 0 Å². The first-order valence-corrected chi connectivity index (χ1v) is 12.4. The molecule has 3 aromatic heterocycles. The van der Waals surface area contributed by atoms with E-state index in [2.05, 4.69) is 32.2 Å². The maximum absolute atomic E-state index is 6.03. The van der Waals surface area contributed by atoms with Gasteiger partial charge in [0.15, 0.2) is 5.82 Å². The molecule has 1 aliphatic rings. The molecule has 7 heteroatoms. The van der Waals surface area contributed by atoms with Crippen molar-refractivity contribution < 1.29 is 4.74 Å². The summed E-state index contributed by atoms with van der Waals surface area (Å²) in [5.41, 5.74) is 4.23. The summed E-state index contributed by atoms with van der Waals surface area (Å²) in [4.78, 5) is 7.16. The molecule has 1 fully saturated rings. The Morgan fingerprint density at radius 3 is 2.46 bits per heavy atom. The number of hydrogen-bond donors (Lipinski definition) is 0. The molecule has 1 saturated heterocycles. The van der Waals surface area contributed by atoms with Crippen molar-refractivity contribution in [2.24, 2.45) is 0 Å². The molecule has 0 bridgehead atoms. The number of ether oxygens (including phenoxy) is 1. The Bertz CT molecular complexity index is 1430. The van der Waals surface area contributed by atoms with Crippen LogP contribution >= 0.6 is 0 Å². The van der Waals surface area contributed by atoms with Gasteiger partial charge in [-0.25, -0.2) is 0 Å². The lowest BCUT2D eigenvalue weighted by Crippen LogP contribution is -2.31. The number of benzene rings is 2. The minimum Gasteiger partial charge on any atom is -0.494 e. The number of piperidine rings is 1. The van der Waals surface area contributed by atoms with Crippen LogP contribution in [-0.4, -0.2) is 55.9 Å². The van der Waals surface area contributed by atoms with E-state index in [1.807, 2.05) is 54.6 Å². The van der Waals surface area contributed by atoms with E-state index in [4.69, 9.17) is 9.84 Å². The molecule has 0 atom stereocenters. The average molecular weight is 465 g/mol. The first kappa shape index (κ1) is 21.7. The third-order valence-corrected chi connectivity index (χ3v) is 6.61. The molecule has 35 heavy (non-hydrogen) atoms. The largest absolute Gasteiger partial charge is 0.494 e. The van der Waals surface area contributed by atoms with Gasteiger partial charge in [-0.15, -0.1) is 10.2 Å². The average Bonchev–Trinajstić information content (AvgIpc) is 3.36. The first-order valence-electron chi connectivity index (χ1n) is 12.4. The Balaban J connectivity index is 1.26. The van der Waals surface area contributed by atoms with Crippen molar-refractivity contribution in [3.05, 3.63) is 72.9 Å². The highest BCUT2D eigenvalue weighted by Crippen LogP contribution is 2.30. The Kier molecular flexibility index (Phi) is 6.07. The van der Waals surface area contributed by atoms with Crippen LogP contribution in [0.4, 0.5) is 0 Å². The first-order chi connectivity index (χ1) is 17.4. The topological polar surface area (TPSA) is 68.4 Å². The summed E-state index contributed by atoms with van der Waals surface area (Å²) in [5.74, 6) is 1.58. The predicted molar refractivity (Wildman–Crippen MR) is 137 cm³/mol. The fourth-order valence-corrected chi connectivity index (χ4v) is 4.80. The zero-order valence-electron chi connectivity index (χ0n) is 19.7. The lowest BCUT2D eigenvalue weighted by molar-refractivity contribution is 0.205. The highest BCUT2D eigenvalue weighted by atomic mass is 16.5. The molecule has 0 saturated carbocycles. The Labute approximate surface area is 204 Å². The van der Waals surface area contributed by atoms with Gasteiger partial charge in [0.2, 0.25) is 5.65 Å². The van der Waals surface area contributed by atoms with Gasteiger partial charge in [-0.05, 0) is 68.8 Å². The SMILES string of the molecule is c1ccc(-c2nnc3c4ncccc4c(-c4ccc(OCCCN5CCCCC5)cc4)nn23)cc1. The number of pyridine rings is 1. The highest BCUT2D eigenvalue weighted by molar-refractivity contribution is 5.99. The summed E-state index contributed by atoms with van der Waals surface area (Å²) in [7, 11) is 0. The summed E-state index contributed by atoms with van der Waals surface area (Å²) in [6.45, 7) is 4.30. The molecule has 0 amide bonds. The zero-order valence-corrected chi connectivity index (χ0v) is 19.7. The molecule has 1 aliphatic heterocycles. The lowest BCUT2D eigenvalue weighted by Gasteiger charge is -2.26. The van der Waals surface area contributed by atoms with Crippen molar-refractivity contribution in [2.75, 3.05) is 26.2 Å². The van der Waals surface area contributed by atoms with E-state index in [0.717, 1.165) is 53.0 Å². The van der Waals surface area contributed by atoms with Crippen LogP contribution in [0.15, 0.2) is 72.9 Å². The lowest BCUT2D eigenvalue weighted by atomic mass is 10.1. The number of fused-ring (bicyclic) bond motifs is 3. The summed E-state index contributed by atoms with van der Waals surface area (Å²) in [5, 5.41) is 14.8. The van der Waals surface area contributed by atoms with Gasteiger partial charge in [-0.3, -0.25) is 4.98 Å². The van der Waals surface area contributed by atoms with Crippen LogP contribution in [0.25, 0.3) is 39.2 Å². The summed E-state index contributed by atoms with van der Waals surface area (Å²) in [6.07, 6.45) is 6.86. The van der Waals surface area contributed by atoms with E-state index in [9.17, 15) is 0 Å². The molecule has 0 N–H and O–H groups in total. The molecular formula is C28H28N6O. The fourth-order valence-electron chi connectivity index (χ4n) is 4.80. The summed E-state index contributed by atoms with van der Waals surface area (Å²) < 4.78 is 7.82. The van der Waals surface area contributed by atoms with Gasteiger partial charge < -0.3 is 9.64 Å². The Hall–Kier alpha value is -3.84. The van der Waals surface area contributed by atoms with Gasteiger partial charge in [0.1, 0.15) is 17.0 Å². The standard InChI is InChI=1S/C28H28N6O/c1-3-9-22(10-4-1)27-30-31-28-26-24(11-7-16-29-26)25(32-34(27)28)21-12-14-23(15-13-21)35-20-8-19-33-17-5-2-6-18-33/h1,3-4,7,9-16H,2,5-6,8,17-20H2. The second-order valence-corrected chi connectivity index (χ2v) is 9.00. The number of nitrogens with zero attached hydrogens (tertiary/aromatic N) is 6. The van der Waals surface area contributed by atoms with Gasteiger partial charge in [0, 0.05) is 29.3 Å². The molecule has 0 radical (unpaired) electrons. The minimum absolute atomic E-state index is 0.650. The highest BCUT2D eigenvalue weighted by Gasteiger charge is 2.17. The molecule has 4 heterocycles. The Morgan fingerprint density at radius 2 is 1.63 bits per heavy atom. The van der Waals surface area contributed by atoms with Crippen molar-refractivity contribution in [3.63, 3.8) is 0 Å². The van der Waals surface area contributed by atoms with Crippen molar-refractivity contribution in [3.8, 4) is 28.4 Å². The summed E-state index contributed by atoms with van der Waals surface area (Å²) in [6, 6.07) is 22.1. The van der Waals surface area contributed by atoms with Gasteiger partial charge in [-0.2, -0.15) is 9.61 Å². The monoisotopic (exact) mass is 464 g/mol. The molecule has 0 spiro atoms. The minimum atomic E-state index is 0.650. The van der Waals surface area contributed by atoms with E-state index in [1.165, 1.54) is 32.4 Å². The number of rotatable bonds is 7. The molecule has 5 aromatic rings. The summed E-state index contributed by atoms with van der Waals surface area (Å²) >= 11 is 0. The molecule has 0 aliphatic carbocycles. The van der Waals surface area contributed by atoms with E-state index in [0.29, 0.717) is 11.5 Å². The van der Waals surface area contributed by atoms with Crippen LogP contribution in [0.1, 0.15) is 25.7 Å². The normalized spacial score (nSPS) is 14.5. The van der Waals surface area contributed by atoms with E-state index in [1.54, 1.807) is 10.7 Å². The van der Waals surface area contributed by atoms with Crippen LogP contribution in [0.3, 0.4) is 0 Å². The van der Waals surface area contributed by atoms with Gasteiger partial charge in [0.05, 0.1) is 6.61 Å². The molecular weight excluding hydrogens is 436 g/mol. The van der Waals surface area contributed by atoms with Gasteiger partial charge in [0.25, 0.3) is 0 Å². The third-order valence-electron chi connectivity index (χ3n) is 6.61. The zero-order chi connectivity index (χ0) is 23.5. The fraction of sp³-hybridized carbons (Fsp3) is 0.286. The number of aromatic nitrogens is 5. The van der Waals surface area contributed by atoms with Crippen molar-refractivity contribution in [1.29, 1.82) is 0 Å². The molecule has 0 unspecified atom stereocenters. The van der Waals surface area contributed by atoms with E-state index >= 15 is 0 Å². The van der Waals surface area contributed by atoms with E-state index < -0.39 is 0 Å². The molecule has 7 nitrogen and oxygen atoms in total. The second kappa shape index (κ2) is 9.80. The number of likely N-dealkylation sites (tertiary alicyclic amines) is 1. The number of hydrogen-bond acceptors (Lipinski definition) is 6. The van der Waals surface area contributed by atoms with Crippen molar-refractivity contribution in [2.45, 2.75) is 25.7 Å². The molecule has 6 rings (SSSR count). The maximum Gasteiger partial charge on any atom is 0.204 e.